The van der Waals surface area contributed by atoms with E-state index in [4.69, 9.17) is 0 Å². The zero-order chi connectivity index (χ0) is 13.7. The van der Waals surface area contributed by atoms with Gasteiger partial charge in [0, 0.05) is 24.1 Å². The fraction of sp³-hybridized carbons (Fsp3) is 0.385. The Balaban J connectivity index is 2.26. The molecule has 0 amide bonds. The maximum absolute atomic E-state index is 10.8. The third-order valence-electron chi connectivity index (χ3n) is 2.90. The number of aromatic nitrogens is 2. The number of hydrogen-bond acceptors (Lipinski definition) is 5. The van der Waals surface area contributed by atoms with Crippen molar-refractivity contribution in [3.8, 4) is 0 Å². The predicted octanol–water partition coefficient (Wildman–Crippen LogP) is 3.14. The first-order chi connectivity index (χ1) is 9.22. The van der Waals surface area contributed by atoms with E-state index in [1.165, 1.54) is 18.5 Å². The Bertz CT molecular complexity index is 586. The van der Waals surface area contributed by atoms with Crippen LogP contribution in [0, 0.1) is 10.1 Å². The lowest BCUT2D eigenvalue weighted by molar-refractivity contribution is -0.384. The van der Waals surface area contributed by atoms with Gasteiger partial charge in [-0.1, -0.05) is 19.8 Å². The molecule has 0 aliphatic carbocycles. The van der Waals surface area contributed by atoms with Gasteiger partial charge in [0.1, 0.15) is 12.1 Å². The summed E-state index contributed by atoms with van der Waals surface area (Å²) in [6.07, 6.45) is 4.82. The van der Waals surface area contributed by atoms with Gasteiger partial charge in [-0.3, -0.25) is 10.1 Å². The quantitative estimate of drug-likeness (QED) is 0.490. The van der Waals surface area contributed by atoms with E-state index in [0.717, 1.165) is 25.8 Å². The number of anilines is 1. The van der Waals surface area contributed by atoms with Gasteiger partial charge < -0.3 is 5.32 Å². The van der Waals surface area contributed by atoms with Crippen LogP contribution < -0.4 is 5.32 Å². The van der Waals surface area contributed by atoms with Crippen molar-refractivity contribution in [3.63, 3.8) is 0 Å². The molecule has 0 fully saturated rings. The molecule has 0 bridgehead atoms. The molecule has 100 valence electrons. The molecule has 6 nitrogen and oxygen atoms in total. The molecule has 6 heteroatoms. The van der Waals surface area contributed by atoms with Gasteiger partial charge >= 0.3 is 0 Å². The molecule has 0 radical (unpaired) electrons. The van der Waals surface area contributed by atoms with Crippen LogP contribution in [0.15, 0.2) is 24.5 Å². The number of nitro groups is 1. The first-order valence-electron chi connectivity index (χ1n) is 6.35. The number of non-ortho nitro benzene ring substituents is 1. The van der Waals surface area contributed by atoms with Crippen LogP contribution in [0.2, 0.25) is 0 Å². The minimum atomic E-state index is -0.409. The van der Waals surface area contributed by atoms with Crippen LogP contribution in [0.3, 0.4) is 0 Å². The molecule has 1 aromatic carbocycles. The Morgan fingerprint density at radius 1 is 1.32 bits per heavy atom. The van der Waals surface area contributed by atoms with Crippen LogP contribution in [-0.4, -0.2) is 21.4 Å². The highest BCUT2D eigenvalue weighted by Gasteiger charge is 2.10. The van der Waals surface area contributed by atoms with Crippen molar-refractivity contribution in [2.45, 2.75) is 26.2 Å². The number of benzene rings is 1. The molecule has 1 N–H and O–H groups in total. The highest BCUT2D eigenvalue weighted by atomic mass is 16.6. The van der Waals surface area contributed by atoms with Crippen molar-refractivity contribution in [1.82, 2.24) is 9.97 Å². The van der Waals surface area contributed by atoms with E-state index in [0.29, 0.717) is 16.7 Å². The van der Waals surface area contributed by atoms with E-state index in [9.17, 15) is 10.1 Å². The number of nitrogens with one attached hydrogen (secondary N) is 1. The molecule has 2 aromatic rings. The summed E-state index contributed by atoms with van der Waals surface area (Å²) in [6.45, 7) is 2.95. The van der Waals surface area contributed by atoms with Crippen LogP contribution in [0.1, 0.15) is 26.2 Å². The van der Waals surface area contributed by atoms with Crippen LogP contribution in [0.5, 0.6) is 0 Å². The van der Waals surface area contributed by atoms with E-state index in [1.807, 2.05) is 0 Å². The van der Waals surface area contributed by atoms with Crippen LogP contribution in [-0.2, 0) is 0 Å². The third-order valence-corrected chi connectivity index (χ3v) is 2.90. The standard InChI is InChI=1S/C13H16N4O2/c1-2-3-4-7-14-13-11-8-10(17(18)19)5-6-12(11)15-9-16-13/h5-6,8-9H,2-4,7H2,1H3,(H,14,15,16). The monoisotopic (exact) mass is 260 g/mol. The topological polar surface area (TPSA) is 81.0 Å². The molecule has 0 saturated carbocycles. The van der Waals surface area contributed by atoms with Gasteiger partial charge in [-0.2, -0.15) is 0 Å². The third kappa shape index (κ3) is 3.15. The lowest BCUT2D eigenvalue weighted by Crippen LogP contribution is -2.04. The molecule has 0 aliphatic heterocycles. The number of nitro benzene ring substituents is 1. The van der Waals surface area contributed by atoms with E-state index in [1.54, 1.807) is 6.07 Å². The largest absolute Gasteiger partial charge is 0.369 e. The maximum atomic E-state index is 10.8. The Kier molecular flexibility index (Phi) is 4.22. The molecule has 0 saturated heterocycles. The van der Waals surface area contributed by atoms with Crippen molar-refractivity contribution in [2.75, 3.05) is 11.9 Å². The fourth-order valence-corrected chi connectivity index (χ4v) is 1.88. The second-order valence-electron chi connectivity index (χ2n) is 4.31. The molecule has 0 aliphatic rings. The lowest BCUT2D eigenvalue weighted by atomic mass is 10.2. The zero-order valence-electron chi connectivity index (χ0n) is 10.8. The summed E-state index contributed by atoms with van der Waals surface area (Å²) in [4.78, 5) is 18.7. The summed E-state index contributed by atoms with van der Waals surface area (Å²) in [7, 11) is 0. The summed E-state index contributed by atoms with van der Waals surface area (Å²) in [5.74, 6) is 0.657. The normalized spacial score (nSPS) is 10.6. The predicted molar refractivity (Wildman–Crippen MR) is 74.2 cm³/mol. The Morgan fingerprint density at radius 3 is 2.89 bits per heavy atom. The minimum Gasteiger partial charge on any atom is -0.369 e. The highest BCUT2D eigenvalue weighted by Crippen LogP contribution is 2.24. The number of nitrogens with zero attached hydrogens (tertiary/aromatic N) is 3. The van der Waals surface area contributed by atoms with Gasteiger partial charge in [0.2, 0.25) is 0 Å². The van der Waals surface area contributed by atoms with E-state index in [2.05, 4.69) is 22.2 Å². The van der Waals surface area contributed by atoms with Crippen molar-refractivity contribution in [3.05, 3.63) is 34.6 Å². The van der Waals surface area contributed by atoms with Crippen molar-refractivity contribution < 1.29 is 4.92 Å². The van der Waals surface area contributed by atoms with Gasteiger partial charge in [-0.05, 0) is 12.5 Å². The van der Waals surface area contributed by atoms with Crippen molar-refractivity contribution >= 4 is 22.4 Å². The van der Waals surface area contributed by atoms with Crippen LogP contribution >= 0.6 is 0 Å². The maximum Gasteiger partial charge on any atom is 0.270 e. The van der Waals surface area contributed by atoms with Crippen LogP contribution in [0.4, 0.5) is 11.5 Å². The summed E-state index contributed by atoms with van der Waals surface area (Å²) < 4.78 is 0. The molecular weight excluding hydrogens is 244 g/mol. The first-order valence-corrected chi connectivity index (χ1v) is 6.35. The molecule has 1 heterocycles. The van der Waals surface area contributed by atoms with E-state index in [-0.39, 0.29) is 5.69 Å². The average molecular weight is 260 g/mol. The van der Waals surface area contributed by atoms with Crippen LogP contribution in [0.25, 0.3) is 10.9 Å². The van der Waals surface area contributed by atoms with E-state index < -0.39 is 4.92 Å². The first kappa shape index (κ1) is 13.2. The van der Waals surface area contributed by atoms with Gasteiger partial charge in [0.15, 0.2) is 0 Å². The van der Waals surface area contributed by atoms with Gasteiger partial charge in [-0.25, -0.2) is 9.97 Å². The van der Waals surface area contributed by atoms with Gasteiger partial charge in [-0.15, -0.1) is 0 Å². The molecule has 19 heavy (non-hydrogen) atoms. The van der Waals surface area contributed by atoms with Gasteiger partial charge in [0.25, 0.3) is 5.69 Å². The highest BCUT2D eigenvalue weighted by molar-refractivity contribution is 5.90. The Morgan fingerprint density at radius 2 is 2.16 bits per heavy atom. The summed E-state index contributed by atoms with van der Waals surface area (Å²) in [5, 5.41) is 14.7. The molecular formula is C13H16N4O2. The minimum absolute atomic E-state index is 0.0545. The molecule has 0 unspecified atom stereocenters. The average Bonchev–Trinajstić information content (AvgIpc) is 2.43. The molecule has 1 aromatic heterocycles. The Labute approximate surface area is 111 Å². The number of unbranched alkanes of at least 4 members (excludes halogenated alkanes) is 2. The number of rotatable bonds is 6. The summed E-state index contributed by atoms with van der Waals surface area (Å²) in [5.41, 5.74) is 0.762. The summed E-state index contributed by atoms with van der Waals surface area (Å²) >= 11 is 0. The van der Waals surface area contributed by atoms with E-state index >= 15 is 0 Å². The van der Waals surface area contributed by atoms with Gasteiger partial charge in [0.05, 0.1) is 10.4 Å². The molecule has 0 spiro atoms. The smallest absolute Gasteiger partial charge is 0.270 e. The molecule has 2 rings (SSSR count). The van der Waals surface area contributed by atoms with Crippen molar-refractivity contribution in [1.29, 1.82) is 0 Å². The lowest BCUT2D eigenvalue weighted by Gasteiger charge is -2.07. The summed E-state index contributed by atoms with van der Waals surface area (Å²) in [6, 6.07) is 4.61. The number of hydrogen-bond donors (Lipinski definition) is 1. The second-order valence-corrected chi connectivity index (χ2v) is 4.31. The van der Waals surface area contributed by atoms with Crippen molar-refractivity contribution in [2.24, 2.45) is 0 Å². The molecule has 0 atom stereocenters. The fourth-order valence-electron chi connectivity index (χ4n) is 1.88. The second kappa shape index (κ2) is 6.08. The zero-order valence-corrected chi connectivity index (χ0v) is 10.8. The SMILES string of the molecule is CCCCCNc1ncnc2ccc([N+](=O)[O-])cc12. The number of fused-ring (bicyclic) bond motifs is 1. The Hall–Kier alpha value is -2.24.